The molecule has 3 aromatic rings. The van der Waals surface area contributed by atoms with E-state index in [0.29, 0.717) is 11.1 Å². The first kappa shape index (κ1) is 17.9. The number of rotatable bonds is 6. The molecule has 0 saturated carbocycles. The minimum atomic E-state index is -0.351. The molecule has 0 bridgehead atoms. The quantitative estimate of drug-likeness (QED) is 0.546. The van der Waals surface area contributed by atoms with Crippen molar-refractivity contribution in [3.05, 3.63) is 101 Å². The zero-order valence-electron chi connectivity index (χ0n) is 14.9. The van der Waals surface area contributed by atoms with E-state index in [9.17, 15) is 9.18 Å². The third-order valence-electron chi connectivity index (χ3n) is 4.56. The topological polar surface area (TPSA) is 26.3 Å². The Bertz CT molecular complexity index is 883. The molecule has 0 saturated heterocycles. The summed E-state index contributed by atoms with van der Waals surface area (Å²) in [7, 11) is 1.60. The number of carbonyl (C=O) groups excluding carboxylic acids is 1. The first-order chi connectivity index (χ1) is 12.6. The van der Waals surface area contributed by atoms with E-state index in [4.69, 9.17) is 4.74 Å². The van der Waals surface area contributed by atoms with Crippen molar-refractivity contribution in [3.8, 4) is 5.75 Å². The Morgan fingerprint density at radius 3 is 2.23 bits per heavy atom. The van der Waals surface area contributed by atoms with E-state index >= 15 is 0 Å². The molecule has 0 heterocycles. The number of halogens is 1. The number of hydrogen-bond acceptors (Lipinski definition) is 2. The van der Waals surface area contributed by atoms with Crippen LogP contribution < -0.4 is 4.74 Å². The molecule has 1 unspecified atom stereocenters. The lowest BCUT2D eigenvalue weighted by Crippen LogP contribution is -2.11. The van der Waals surface area contributed by atoms with Crippen LogP contribution in [0.25, 0.3) is 0 Å². The second-order valence-corrected chi connectivity index (χ2v) is 6.34. The van der Waals surface area contributed by atoms with Crippen molar-refractivity contribution < 1.29 is 13.9 Å². The molecule has 0 aliphatic heterocycles. The van der Waals surface area contributed by atoms with E-state index in [1.165, 1.54) is 6.07 Å². The van der Waals surface area contributed by atoms with Gasteiger partial charge in [0.2, 0.25) is 0 Å². The molecule has 0 amide bonds. The van der Waals surface area contributed by atoms with Crippen molar-refractivity contribution >= 4 is 5.78 Å². The molecule has 0 spiro atoms. The van der Waals surface area contributed by atoms with Crippen molar-refractivity contribution in [1.82, 2.24) is 0 Å². The monoisotopic (exact) mass is 348 g/mol. The Hall–Kier alpha value is -2.94. The van der Waals surface area contributed by atoms with Gasteiger partial charge in [-0.1, -0.05) is 60.2 Å². The Morgan fingerprint density at radius 1 is 0.962 bits per heavy atom. The second kappa shape index (κ2) is 7.96. The molecular formula is C23H21FO2. The van der Waals surface area contributed by atoms with Gasteiger partial charge in [-0.3, -0.25) is 4.79 Å². The Kier molecular flexibility index (Phi) is 5.47. The normalized spacial score (nSPS) is 11.8. The van der Waals surface area contributed by atoms with Crippen LogP contribution in [0.4, 0.5) is 4.39 Å². The van der Waals surface area contributed by atoms with Crippen molar-refractivity contribution in [3.63, 3.8) is 0 Å². The molecular weight excluding hydrogens is 327 g/mol. The van der Waals surface area contributed by atoms with Gasteiger partial charge in [0.15, 0.2) is 5.78 Å². The molecule has 26 heavy (non-hydrogen) atoms. The van der Waals surface area contributed by atoms with Gasteiger partial charge in [-0.05, 0) is 36.2 Å². The van der Waals surface area contributed by atoms with Crippen molar-refractivity contribution in [2.75, 3.05) is 7.11 Å². The number of ketones is 1. The van der Waals surface area contributed by atoms with E-state index in [1.807, 2.05) is 55.5 Å². The average Bonchev–Trinajstić information content (AvgIpc) is 2.67. The van der Waals surface area contributed by atoms with Crippen LogP contribution in [0, 0.1) is 12.7 Å². The zero-order chi connectivity index (χ0) is 18.5. The third-order valence-corrected chi connectivity index (χ3v) is 4.56. The number of ether oxygens (including phenoxy) is 1. The maximum atomic E-state index is 14.4. The standard InChI is InChI=1S/C23H21FO2/c1-16-7-9-18(10-8-16)23(25)15-21(20-5-3-4-6-22(20)24)17-11-13-19(26-2)14-12-17/h3-14,21H,15H2,1-2H3. The number of carbonyl (C=O) groups is 1. The first-order valence-electron chi connectivity index (χ1n) is 8.56. The van der Waals surface area contributed by atoms with Crippen LogP contribution in [-0.4, -0.2) is 12.9 Å². The van der Waals surface area contributed by atoms with E-state index < -0.39 is 0 Å². The summed E-state index contributed by atoms with van der Waals surface area (Å²) in [4.78, 5) is 12.8. The fraction of sp³-hybridized carbons (Fsp3) is 0.174. The molecule has 132 valence electrons. The summed E-state index contributed by atoms with van der Waals surface area (Å²) in [5.74, 6) is 0.0703. The Labute approximate surface area is 153 Å². The van der Waals surface area contributed by atoms with Crippen LogP contribution >= 0.6 is 0 Å². The van der Waals surface area contributed by atoms with Crippen LogP contribution in [0.1, 0.15) is 39.4 Å². The predicted molar refractivity (Wildman–Crippen MR) is 101 cm³/mol. The van der Waals surface area contributed by atoms with E-state index in [2.05, 4.69) is 0 Å². The smallest absolute Gasteiger partial charge is 0.163 e. The number of hydrogen-bond donors (Lipinski definition) is 0. The highest BCUT2D eigenvalue weighted by Gasteiger charge is 2.22. The molecule has 3 rings (SSSR count). The first-order valence-corrected chi connectivity index (χ1v) is 8.56. The second-order valence-electron chi connectivity index (χ2n) is 6.34. The highest BCUT2D eigenvalue weighted by Crippen LogP contribution is 2.32. The Morgan fingerprint density at radius 2 is 1.62 bits per heavy atom. The van der Waals surface area contributed by atoms with Crippen LogP contribution in [0.2, 0.25) is 0 Å². The summed E-state index contributed by atoms with van der Waals surface area (Å²) in [5, 5.41) is 0. The number of Topliss-reactive ketones (excluding diaryl/α,β-unsaturated/α-hetero) is 1. The SMILES string of the molecule is COc1ccc(C(CC(=O)c2ccc(C)cc2)c2ccccc2F)cc1. The van der Waals surface area contributed by atoms with E-state index in [1.54, 1.807) is 25.3 Å². The van der Waals surface area contributed by atoms with Gasteiger partial charge in [0.25, 0.3) is 0 Å². The van der Waals surface area contributed by atoms with Crippen molar-refractivity contribution in [1.29, 1.82) is 0 Å². The Balaban J connectivity index is 1.96. The molecule has 3 aromatic carbocycles. The maximum absolute atomic E-state index is 14.4. The van der Waals surface area contributed by atoms with Gasteiger partial charge >= 0.3 is 0 Å². The largest absolute Gasteiger partial charge is 0.497 e. The number of methoxy groups -OCH3 is 1. The van der Waals surface area contributed by atoms with Crippen molar-refractivity contribution in [2.45, 2.75) is 19.3 Å². The van der Waals surface area contributed by atoms with Gasteiger partial charge in [-0.2, -0.15) is 0 Å². The molecule has 0 aliphatic rings. The average molecular weight is 348 g/mol. The van der Waals surface area contributed by atoms with Gasteiger partial charge in [-0.15, -0.1) is 0 Å². The van der Waals surface area contributed by atoms with E-state index in [0.717, 1.165) is 16.9 Å². The highest BCUT2D eigenvalue weighted by molar-refractivity contribution is 5.96. The molecule has 0 N–H and O–H groups in total. The maximum Gasteiger partial charge on any atom is 0.163 e. The third kappa shape index (κ3) is 3.99. The summed E-state index contributed by atoms with van der Waals surface area (Å²) in [6.45, 7) is 1.98. The molecule has 0 radical (unpaired) electrons. The number of aryl methyl sites for hydroxylation is 1. The zero-order valence-corrected chi connectivity index (χ0v) is 14.9. The molecule has 1 atom stereocenters. The fourth-order valence-corrected chi connectivity index (χ4v) is 3.04. The van der Waals surface area contributed by atoms with Crippen LogP contribution in [-0.2, 0) is 0 Å². The van der Waals surface area contributed by atoms with Crippen LogP contribution in [0.5, 0.6) is 5.75 Å². The molecule has 0 fully saturated rings. The molecule has 0 aliphatic carbocycles. The summed E-state index contributed by atoms with van der Waals surface area (Å²) in [6, 6.07) is 21.5. The summed E-state index contributed by atoms with van der Waals surface area (Å²) in [6.07, 6.45) is 0.205. The highest BCUT2D eigenvalue weighted by atomic mass is 19.1. The summed E-state index contributed by atoms with van der Waals surface area (Å²) < 4.78 is 19.6. The summed E-state index contributed by atoms with van der Waals surface area (Å²) >= 11 is 0. The van der Waals surface area contributed by atoms with Crippen LogP contribution in [0.3, 0.4) is 0 Å². The predicted octanol–water partition coefficient (Wildman–Crippen LogP) is 5.55. The van der Waals surface area contributed by atoms with Gasteiger partial charge in [-0.25, -0.2) is 4.39 Å². The minimum Gasteiger partial charge on any atom is -0.497 e. The summed E-state index contributed by atoms with van der Waals surface area (Å²) in [5.41, 5.74) is 3.15. The van der Waals surface area contributed by atoms with Gasteiger partial charge < -0.3 is 4.74 Å². The van der Waals surface area contributed by atoms with Gasteiger partial charge in [0.05, 0.1) is 7.11 Å². The van der Waals surface area contributed by atoms with E-state index in [-0.39, 0.29) is 23.9 Å². The van der Waals surface area contributed by atoms with Gasteiger partial charge in [0.1, 0.15) is 11.6 Å². The lowest BCUT2D eigenvalue weighted by molar-refractivity contribution is 0.0977. The molecule has 0 aromatic heterocycles. The van der Waals surface area contributed by atoms with Crippen LogP contribution in [0.15, 0.2) is 72.8 Å². The minimum absolute atomic E-state index is 0.00549. The molecule has 2 nitrogen and oxygen atoms in total. The van der Waals surface area contributed by atoms with Crippen molar-refractivity contribution in [2.24, 2.45) is 0 Å². The fourth-order valence-electron chi connectivity index (χ4n) is 3.04. The lowest BCUT2D eigenvalue weighted by Gasteiger charge is -2.18. The van der Waals surface area contributed by atoms with Gasteiger partial charge in [0, 0.05) is 17.9 Å². The lowest BCUT2D eigenvalue weighted by atomic mass is 9.85. The number of benzene rings is 3. The molecule has 3 heteroatoms.